The molecule has 0 radical (unpaired) electrons. The molecule has 0 atom stereocenters. The fourth-order valence-corrected chi connectivity index (χ4v) is 1.81. The van der Waals surface area contributed by atoms with Gasteiger partial charge in [-0.05, 0) is 35.9 Å². The Hall–Kier alpha value is -2.95. The molecule has 0 bridgehead atoms. The zero-order valence-electron chi connectivity index (χ0n) is 11.4. The summed E-state index contributed by atoms with van der Waals surface area (Å²) in [6.45, 7) is 0. The number of carboxylic acids is 1. The number of aliphatic carboxylic acids is 1. The molecule has 106 valence electrons. The molecule has 0 saturated heterocycles. The lowest BCUT2D eigenvalue weighted by Gasteiger charge is -2.17. The van der Waals surface area contributed by atoms with Crippen LogP contribution in [0.15, 0.2) is 54.9 Å². The number of anilines is 1. The van der Waals surface area contributed by atoms with Crippen molar-refractivity contribution in [2.75, 3.05) is 11.9 Å². The Bertz CT molecular complexity index is 681. The molecular weight excluding hydrogens is 268 g/mol. The average Bonchev–Trinajstić information content (AvgIpc) is 2.52. The smallest absolute Gasteiger partial charge is 0.328 e. The number of aromatic nitrogens is 1. The maximum Gasteiger partial charge on any atom is 0.328 e. The largest absolute Gasteiger partial charge is 0.478 e. The third-order valence-corrected chi connectivity index (χ3v) is 2.89. The van der Waals surface area contributed by atoms with Crippen LogP contribution in [-0.4, -0.2) is 29.0 Å². The van der Waals surface area contributed by atoms with E-state index in [1.807, 2.05) is 0 Å². The fraction of sp³-hybridized carbons (Fsp3) is 0.0625. The molecular formula is C16H14N2O3. The minimum Gasteiger partial charge on any atom is -0.478 e. The van der Waals surface area contributed by atoms with Gasteiger partial charge in [-0.1, -0.05) is 12.1 Å². The highest BCUT2D eigenvalue weighted by Gasteiger charge is 2.13. The van der Waals surface area contributed by atoms with Crippen molar-refractivity contribution in [3.05, 3.63) is 66.0 Å². The highest BCUT2D eigenvalue weighted by atomic mass is 16.4. The quantitative estimate of drug-likeness (QED) is 0.874. The summed E-state index contributed by atoms with van der Waals surface area (Å²) in [5.41, 5.74) is 1.82. The van der Waals surface area contributed by atoms with Crippen LogP contribution >= 0.6 is 0 Å². The number of carbonyl (C=O) groups is 2. The van der Waals surface area contributed by atoms with Gasteiger partial charge in [0.15, 0.2) is 0 Å². The molecule has 1 amide bonds. The van der Waals surface area contributed by atoms with E-state index in [9.17, 15) is 9.59 Å². The molecule has 2 aromatic rings. The summed E-state index contributed by atoms with van der Waals surface area (Å²) < 4.78 is 0. The van der Waals surface area contributed by atoms with Gasteiger partial charge in [0.05, 0.1) is 11.9 Å². The monoisotopic (exact) mass is 282 g/mol. The molecule has 21 heavy (non-hydrogen) atoms. The number of nitrogens with zero attached hydrogens (tertiary/aromatic N) is 2. The lowest BCUT2D eigenvalue weighted by molar-refractivity contribution is -0.131. The topological polar surface area (TPSA) is 70.5 Å². The van der Waals surface area contributed by atoms with Gasteiger partial charge in [0.2, 0.25) is 0 Å². The highest BCUT2D eigenvalue weighted by Crippen LogP contribution is 2.15. The predicted molar refractivity (Wildman–Crippen MR) is 80.1 cm³/mol. The summed E-state index contributed by atoms with van der Waals surface area (Å²) >= 11 is 0. The second-order valence-corrected chi connectivity index (χ2v) is 4.37. The molecule has 0 unspecified atom stereocenters. The van der Waals surface area contributed by atoms with Gasteiger partial charge in [0, 0.05) is 24.9 Å². The Kier molecular flexibility index (Phi) is 4.46. The zero-order valence-corrected chi connectivity index (χ0v) is 11.4. The van der Waals surface area contributed by atoms with Gasteiger partial charge in [0.25, 0.3) is 5.91 Å². The Morgan fingerprint density at radius 3 is 2.71 bits per heavy atom. The minimum atomic E-state index is -1.03. The lowest BCUT2D eigenvalue weighted by atomic mass is 10.1. The van der Waals surface area contributed by atoms with E-state index in [1.54, 1.807) is 55.8 Å². The fourth-order valence-electron chi connectivity index (χ4n) is 1.81. The van der Waals surface area contributed by atoms with Gasteiger partial charge < -0.3 is 10.0 Å². The number of benzene rings is 1. The minimum absolute atomic E-state index is 0.187. The van der Waals surface area contributed by atoms with Gasteiger partial charge in [-0.15, -0.1) is 0 Å². The van der Waals surface area contributed by atoms with Crippen LogP contribution in [0.3, 0.4) is 0 Å². The van der Waals surface area contributed by atoms with E-state index in [2.05, 4.69) is 4.98 Å². The SMILES string of the molecule is CN(C(=O)c1cccc(C=CC(=O)O)c1)c1cccnc1. The van der Waals surface area contributed by atoms with Crippen LogP contribution < -0.4 is 4.90 Å². The van der Waals surface area contributed by atoms with Crippen molar-refractivity contribution in [3.63, 3.8) is 0 Å². The van der Waals surface area contributed by atoms with Crippen molar-refractivity contribution in [2.24, 2.45) is 0 Å². The number of carboxylic acid groups (broad SMARTS) is 1. The molecule has 5 heteroatoms. The van der Waals surface area contributed by atoms with Crippen molar-refractivity contribution in [1.82, 2.24) is 4.98 Å². The molecule has 0 aliphatic rings. The number of hydrogen-bond donors (Lipinski definition) is 1. The van der Waals surface area contributed by atoms with Gasteiger partial charge in [-0.3, -0.25) is 9.78 Å². The summed E-state index contributed by atoms with van der Waals surface area (Å²) in [6.07, 6.45) is 5.73. The van der Waals surface area contributed by atoms with E-state index in [4.69, 9.17) is 5.11 Å². The van der Waals surface area contributed by atoms with E-state index < -0.39 is 5.97 Å². The first-order valence-electron chi connectivity index (χ1n) is 6.27. The van der Waals surface area contributed by atoms with E-state index in [1.165, 1.54) is 11.0 Å². The van der Waals surface area contributed by atoms with Crippen LogP contribution in [0, 0.1) is 0 Å². The molecule has 0 saturated carbocycles. The number of hydrogen-bond acceptors (Lipinski definition) is 3. The van der Waals surface area contributed by atoms with Crippen molar-refractivity contribution < 1.29 is 14.7 Å². The highest BCUT2D eigenvalue weighted by molar-refractivity contribution is 6.06. The third-order valence-electron chi connectivity index (χ3n) is 2.89. The third kappa shape index (κ3) is 3.76. The van der Waals surface area contributed by atoms with Crippen molar-refractivity contribution in [3.8, 4) is 0 Å². The average molecular weight is 282 g/mol. The normalized spacial score (nSPS) is 10.5. The standard InChI is InChI=1S/C16H14N2O3/c1-18(14-6-3-9-17-11-14)16(21)13-5-2-4-12(10-13)7-8-15(19)20/h2-11H,1H3,(H,19,20). The van der Waals surface area contributed by atoms with Gasteiger partial charge in [0.1, 0.15) is 0 Å². The molecule has 1 aromatic carbocycles. The van der Waals surface area contributed by atoms with Crippen molar-refractivity contribution >= 4 is 23.6 Å². The predicted octanol–water partition coefficient (Wildman–Crippen LogP) is 2.46. The second kappa shape index (κ2) is 6.47. The number of carbonyl (C=O) groups excluding carboxylic acids is 1. The first kappa shape index (κ1) is 14.5. The molecule has 1 aromatic heterocycles. The van der Waals surface area contributed by atoms with Crippen molar-refractivity contribution in [1.29, 1.82) is 0 Å². The van der Waals surface area contributed by atoms with Crippen LogP contribution in [0.1, 0.15) is 15.9 Å². The van der Waals surface area contributed by atoms with Crippen LogP contribution in [0.5, 0.6) is 0 Å². The van der Waals surface area contributed by atoms with Crippen molar-refractivity contribution in [2.45, 2.75) is 0 Å². The molecule has 1 heterocycles. The van der Waals surface area contributed by atoms with E-state index in [-0.39, 0.29) is 5.91 Å². The summed E-state index contributed by atoms with van der Waals surface area (Å²) in [4.78, 5) is 28.4. The maximum absolute atomic E-state index is 12.4. The summed E-state index contributed by atoms with van der Waals surface area (Å²) in [5, 5.41) is 8.62. The number of rotatable bonds is 4. The van der Waals surface area contributed by atoms with E-state index >= 15 is 0 Å². The van der Waals surface area contributed by atoms with Gasteiger partial charge in [-0.2, -0.15) is 0 Å². The Labute approximate surface area is 122 Å². The summed E-state index contributed by atoms with van der Waals surface area (Å²) in [6, 6.07) is 10.3. The molecule has 0 spiro atoms. The van der Waals surface area contributed by atoms with Gasteiger partial charge >= 0.3 is 5.97 Å². The summed E-state index contributed by atoms with van der Waals surface area (Å²) in [7, 11) is 1.67. The Morgan fingerprint density at radius 2 is 2.05 bits per heavy atom. The molecule has 5 nitrogen and oxygen atoms in total. The molecule has 0 fully saturated rings. The molecule has 1 N–H and O–H groups in total. The number of pyridine rings is 1. The first-order valence-corrected chi connectivity index (χ1v) is 6.27. The number of amides is 1. The summed E-state index contributed by atoms with van der Waals surface area (Å²) in [5.74, 6) is -1.22. The van der Waals surface area contributed by atoms with Crippen LogP contribution in [0.25, 0.3) is 6.08 Å². The maximum atomic E-state index is 12.4. The molecule has 2 rings (SSSR count). The zero-order chi connectivity index (χ0) is 15.2. The van der Waals surface area contributed by atoms with Crippen LogP contribution in [0.2, 0.25) is 0 Å². The van der Waals surface area contributed by atoms with E-state index in [0.29, 0.717) is 16.8 Å². The van der Waals surface area contributed by atoms with Gasteiger partial charge in [-0.25, -0.2) is 4.79 Å². The van der Waals surface area contributed by atoms with E-state index in [0.717, 1.165) is 6.08 Å². The van der Waals surface area contributed by atoms with Crippen LogP contribution in [0.4, 0.5) is 5.69 Å². The molecule has 0 aliphatic heterocycles. The molecule has 0 aliphatic carbocycles. The second-order valence-electron chi connectivity index (χ2n) is 4.37. The van der Waals surface area contributed by atoms with Crippen LogP contribution in [-0.2, 0) is 4.79 Å². The Balaban J connectivity index is 2.23. The Morgan fingerprint density at radius 1 is 1.24 bits per heavy atom. The first-order chi connectivity index (χ1) is 10.1. The lowest BCUT2D eigenvalue weighted by Crippen LogP contribution is -2.26.